The highest BCUT2D eigenvalue weighted by atomic mass is 35.5. The van der Waals surface area contributed by atoms with Crippen molar-refractivity contribution in [1.82, 2.24) is 14.8 Å². The van der Waals surface area contributed by atoms with Crippen molar-refractivity contribution in [3.05, 3.63) is 94.1 Å². The maximum atomic E-state index is 13.3. The van der Waals surface area contributed by atoms with E-state index in [1.807, 2.05) is 12.1 Å². The number of nitrogens with zero attached hydrogens (tertiary/aromatic N) is 3. The minimum Gasteiger partial charge on any atom is -0.495 e. The van der Waals surface area contributed by atoms with Gasteiger partial charge in [0.15, 0.2) is 0 Å². The van der Waals surface area contributed by atoms with E-state index in [4.69, 9.17) is 27.9 Å². The first-order valence-corrected chi connectivity index (χ1v) is 14.5. The van der Waals surface area contributed by atoms with E-state index in [1.165, 1.54) is 13.2 Å². The number of fused-ring (bicyclic) bond motifs is 1. The number of piperazine rings is 1. The van der Waals surface area contributed by atoms with Crippen LogP contribution in [-0.2, 0) is 16.6 Å². The number of para-hydroxylation sites is 1. The molecule has 5 rings (SSSR count). The Balaban J connectivity index is 1.28. The van der Waals surface area contributed by atoms with Gasteiger partial charge in [-0.25, -0.2) is 8.42 Å². The summed E-state index contributed by atoms with van der Waals surface area (Å²) >= 11 is 12.5. The lowest BCUT2D eigenvalue weighted by atomic mass is 10.1. The number of hydrogen-bond acceptors (Lipinski definition) is 6. The monoisotopic (exact) mass is 584 g/mol. The number of ether oxygens (including phenoxy) is 1. The van der Waals surface area contributed by atoms with Gasteiger partial charge in [0.2, 0.25) is 0 Å². The number of rotatable bonds is 7. The van der Waals surface area contributed by atoms with Crippen molar-refractivity contribution in [3.8, 4) is 5.75 Å². The molecule has 1 saturated heterocycles. The Labute approximate surface area is 237 Å². The SMILES string of the molecule is COc1cc(C(=O)N2CCN(Cc3cccc(Cl)c3Cl)CC2)ccc1NS(=O)(=O)c1cccc2cccnc12. The summed E-state index contributed by atoms with van der Waals surface area (Å²) in [5.74, 6) is 0.0910. The molecular weight excluding hydrogens is 559 g/mol. The number of halogens is 2. The van der Waals surface area contributed by atoms with Crippen LogP contribution in [0.5, 0.6) is 5.75 Å². The summed E-state index contributed by atoms with van der Waals surface area (Å²) in [5.41, 5.74) is 1.96. The molecule has 1 aromatic heterocycles. The molecule has 0 saturated carbocycles. The second kappa shape index (κ2) is 11.4. The average molecular weight is 586 g/mol. The first-order chi connectivity index (χ1) is 18.8. The first kappa shape index (κ1) is 27.2. The number of nitrogens with one attached hydrogen (secondary N) is 1. The molecule has 0 atom stereocenters. The van der Waals surface area contributed by atoms with Gasteiger partial charge >= 0.3 is 0 Å². The van der Waals surface area contributed by atoms with E-state index in [-0.39, 0.29) is 22.2 Å². The van der Waals surface area contributed by atoms with Crippen LogP contribution in [0, 0.1) is 0 Å². The summed E-state index contributed by atoms with van der Waals surface area (Å²) < 4.78 is 34.5. The van der Waals surface area contributed by atoms with Gasteiger partial charge in [-0.1, -0.05) is 53.5 Å². The zero-order valence-corrected chi connectivity index (χ0v) is 23.4. The quantitative estimate of drug-likeness (QED) is 0.316. The van der Waals surface area contributed by atoms with Crippen LogP contribution in [0.4, 0.5) is 5.69 Å². The van der Waals surface area contributed by atoms with Crippen LogP contribution in [-0.4, -0.2) is 62.4 Å². The highest BCUT2D eigenvalue weighted by Crippen LogP contribution is 2.31. The van der Waals surface area contributed by atoms with E-state index in [2.05, 4.69) is 14.6 Å². The number of anilines is 1. The second-order valence-corrected chi connectivity index (χ2v) is 11.6. The number of pyridine rings is 1. The van der Waals surface area contributed by atoms with Gasteiger partial charge < -0.3 is 9.64 Å². The predicted molar refractivity (Wildman–Crippen MR) is 153 cm³/mol. The van der Waals surface area contributed by atoms with Crippen molar-refractivity contribution in [3.63, 3.8) is 0 Å². The summed E-state index contributed by atoms with van der Waals surface area (Å²) in [6.45, 7) is 3.10. The van der Waals surface area contributed by atoms with Crippen molar-refractivity contribution in [2.24, 2.45) is 0 Å². The Kier molecular flexibility index (Phi) is 7.95. The highest BCUT2D eigenvalue weighted by molar-refractivity contribution is 7.93. The number of amides is 1. The van der Waals surface area contributed by atoms with Gasteiger partial charge in [-0.3, -0.25) is 19.4 Å². The standard InChI is InChI=1S/C28H26Cl2N4O4S/c1-38-24-17-20(28(35)34-15-13-33(14-16-34)18-21-6-2-8-22(29)26(21)30)10-11-23(24)32-39(36,37)25-9-3-5-19-7-4-12-31-27(19)25/h2-12,17,32H,13-16,18H2,1H3. The molecule has 39 heavy (non-hydrogen) atoms. The lowest BCUT2D eigenvalue weighted by Crippen LogP contribution is -2.48. The Morgan fingerprint density at radius 3 is 2.51 bits per heavy atom. The molecule has 1 N–H and O–H groups in total. The highest BCUT2D eigenvalue weighted by Gasteiger charge is 2.25. The Hall–Kier alpha value is -3.37. The maximum absolute atomic E-state index is 13.3. The topological polar surface area (TPSA) is 91.8 Å². The molecular formula is C28H26Cl2N4O4S. The molecule has 0 unspecified atom stereocenters. The molecule has 0 radical (unpaired) electrons. The molecule has 0 aliphatic carbocycles. The molecule has 4 aromatic rings. The lowest BCUT2D eigenvalue weighted by molar-refractivity contribution is 0.0628. The molecule has 3 aromatic carbocycles. The summed E-state index contributed by atoms with van der Waals surface area (Å²) in [4.78, 5) is 21.6. The molecule has 8 nitrogen and oxygen atoms in total. The molecule has 0 bridgehead atoms. The molecule has 1 aliphatic rings. The fraction of sp³-hybridized carbons (Fsp3) is 0.214. The van der Waals surface area contributed by atoms with Gasteiger partial charge in [0, 0.05) is 49.9 Å². The van der Waals surface area contributed by atoms with E-state index >= 15 is 0 Å². The number of aromatic nitrogens is 1. The van der Waals surface area contributed by atoms with Crippen LogP contribution >= 0.6 is 23.2 Å². The number of methoxy groups -OCH3 is 1. The molecule has 202 valence electrons. The summed E-state index contributed by atoms with van der Waals surface area (Å²) in [6, 6.07) is 18.8. The molecule has 1 fully saturated rings. The average Bonchev–Trinajstić information content (AvgIpc) is 2.95. The van der Waals surface area contributed by atoms with Gasteiger partial charge in [0.25, 0.3) is 15.9 Å². The summed E-state index contributed by atoms with van der Waals surface area (Å²) in [5, 5.41) is 1.79. The van der Waals surface area contributed by atoms with Gasteiger partial charge in [-0.2, -0.15) is 0 Å². The number of benzene rings is 3. The van der Waals surface area contributed by atoms with Crippen LogP contribution in [0.2, 0.25) is 10.0 Å². The van der Waals surface area contributed by atoms with E-state index in [9.17, 15) is 13.2 Å². The fourth-order valence-corrected chi connectivity index (χ4v) is 6.24. The number of carbonyl (C=O) groups is 1. The number of carbonyl (C=O) groups excluding carboxylic acids is 1. The van der Waals surface area contributed by atoms with Crippen LogP contribution in [0.15, 0.2) is 77.8 Å². The van der Waals surface area contributed by atoms with E-state index in [0.29, 0.717) is 59.2 Å². The fourth-order valence-electron chi connectivity index (χ4n) is 4.60. The van der Waals surface area contributed by atoms with Crippen LogP contribution in [0.1, 0.15) is 15.9 Å². The molecule has 11 heteroatoms. The van der Waals surface area contributed by atoms with Crippen molar-refractivity contribution in [1.29, 1.82) is 0 Å². The first-order valence-electron chi connectivity index (χ1n) is 12.3. The molecule has 1 aliphatic heterocycles. The number of hydrogen-bond donors (Lipinski definition) is 1. The summed E-state index contributed by atoms with van der Waals surface area (Å²) in [7, 11) is -2.54. The van der Waals surface area contributed by atoms with Gasteiger partial charge in [0.05, 0.1) is 28.4 Å². The minimum absolute atomic E-state index is 0.0553. The smallest absolute Gasteiger partial charge is 0.264 e. The second-order valence-electron chi connectivity index (χ2n) is 9.13. The van der Waals surface area contributed by atoms with Crippen LogP contribution in [0.3, 0.4) is 0 Å². The zero-order valence-electron chi connectivity index (χ0n) is 21.1. The Morgan fingerprint density at radius 1 is 1.00 bits per heavy atom. The van der Waals surface area contributed by atoms with Crippen LogP contribution in [0.25, 0.3) is 10.9 Å². The third-order valence-electron chi connectivity index (χ3n) is 6.66. The van der Waals surface area contributed by atoms with Gasteiger partial charge in [0.1, 0.15) is 10.6 Å². The van der Waals surface area contributed by atoms with E-state index in [1.54, 1.807) is 59.6 Å². The third-order valence-corrected chi connectivity index (χ3v) is 8.92. The van der Waals surface area contributed by atoms with Gasteiger partial charge in [-0.15, -0.1) is 0 Å². The van der Waals surface area contributed by atoms with E-state index < -0.39 is 10.0 Å². The Morgan fingerprint density at radius 2 is 1.74 bits per heavy atom. The molecule has 2 heterocycles. The van der Waals surface area contributed by atoms with Crippen molar-refractivity contribution in [2.75, 3.05) is 38.0 Å². The largest absolute Gasteiger partial charge is 0.495 e. The van der Waals surface area contributed by atoms with Crippen molar-refractivity contribution < 1.29 is 17.9 Å². The minimum atomic E-state index is -3.97. The predicted octanol–water partition coefficient (Wildman–Crippen LogP) is 5.31. The Bertz CT molecular complexity index is 1630. The van der Waals surface area contributed by atoms with Crippen molar-refractivity contribution in [2.45, 2.75) is 11.4 Å². The van der Waals surface area contributed by atoms with Crippen LogP contribution < -0.4 is 9.46 Å². The maximum Gasteiger partial charge on any atom is 0.264 e. The third kappa shape index (κ3) is 5.81. The normalized spacial score (nSPS) is 14.4. The lowest BCUT2D eigenvalue weighted by Gasteiger charge is -2.35. The number of sulfonamides is 1. The zero-order chi connectivity index (χ0) is 27.6. The molecule has 0 spiro atoms. The summed E-state index contributed by atoms with van der Waals surface area (Å²) in [6.07, 6.45) is 1.55. The molecule has 1 amide bonds. The van der Waals surface area contributed by atoms with Gasteiger partial charge in [-0.05, 0) is 42.0 Å². The van der Waals surface area contributed by atoms with Crippen molar-refractivity contribution >= 4 is 55.7 Å². The van der Waals surface area contributed by atoms with E-state index in [0.717, 1.165) is 5.56 Å².